The summed E-state index contributed by atoms with van der Waals surface area (Å²) in [4.78, 5) is 12.3. The maximum absolute atomic E-state index is 12.3. The average Bonchev–Trinajstić information content (AvgIpc) is 2.35. The van der Waals surface area contributed by atoms with Gasteiger partial charge in [-0.25, -0.2) is 8.42 Å². The zero-order chi connectivity index (χ0) is 14.7. The second-order valence-electron chi connectivity index (χ2n) is 4.46. The van der Waals surface area contributed by atoms with E-state index in [1.807, 2.05) is 0 Å². The molecule has 108 valence electrons. The Morgan fingerprint density at radius 1 is 1.42 bits per heavy atom. The Labute approximate surface area is 113 Å². The third-order valence-electron chi connectivity index (χ3n) is 2.98. The third-order valence-corrected chi connectivity index (χ3v) is 3.77. The number of ketones is 1. The number of allylic oxidation sites excluding steroid dienone is 1. The number of ether oxygens (including phenoxy) is 2. The van der Waals surface area contributed by atoms with Crippen LogP contribution in [0.2, 0.25) is 0 Å². The lowest BCUT2D eigenvalue weighted by Crippen LogP contribution is -2.52. The SMILES string of the molecule is CNC1(C(=O)CS(C)(=O)=O)C=C(OC)C=C(OC)C1. The number of sulfone groups is 1. The highest BCUT2D eigenvalue weighted by Gasteiger charge is 2.40. The van der Waals surface area contributed by atoms with Gasteiger partial charge < -0.3 is 14.8 Å². The van der Waals surface area contributed by atoms with E-state index in [2.05, 4.69) is 5.32 Å². The molecule has 0 aromatic heterocycles. The van der Waals surface area contributed by atoms with Gasteiger partial charge in [0.2, 0.25) is 0 Å². The van der Waals surface area contributed by atoms with Crippen LogP contribution >= 0.6 is 0 Å². The summed E-state index contributed by atoms with van der Waals surface area (Å²) in [6, 6.07) is 0. The van der Waals surface area contributed by atoms with Gasteiger partial charge in [-0.3, -0.25) is 4.79 Å². The molecule has 0 bridgehead atoms. The van der Waals surface area contributed by atoms with Crippen molar-refractivity contribution in [2.75, 3.05) is 33.3 Å². The van der Waals surface area contributed by atoms with Gasteiger partial charge >= 0.3 is 0 Å². The molecule has 0 aliphatic heterocycles. The quantitative estimate of drug-likeness (QED) is 0.742. The van der Waals surface area contributed by atoms with Gasteiger partial charge in [0.15, 0.2) is 15.6 Å². The van der Waals surface area contributed by atoms with Crippen LogP contribution in [0.5, 0.6) is 0 Å². The minimum absolute atomic E-state index is 0.251. The van der Waals surface area contributed by atoms with Crippen molar-refractivity contribution >= 4 is 15.6 Å². The molecule has 0 saturated heterocycles. The molecule has 0 saturated carbocycles. The highest BCUT2D eigenvalue weighted by molar-refractivity contribution is 7.91. The number of methoxy groups -OCH3 is 2. The smallest absolute Gasteiger partial charge is 0.172 e. The maximum atomic E-state index is 12.3. The first-order valence-electron chi connectivity index (χ1n) is 5.67. The van der Waals surface area contributed by atoms with E-state index in [4.69, 9.17) is 9.47 Å². The fourth-order valence-corrected chi connectivity index (χ4v) is 2.65. The molecular weight excluding hydrogens is 270 g/mol. The van der Waals surface area contributed by atoms with Crippen LogP contribution in [0.15, 0.2) is 23.7 Å². The zero-order valence-electron chi connectivity index (χ0n) is 11.5. The van der Waals surface area contributed by atoms with Crippen molar-refractivity contribution in [2.24, 2.45) is 0 Å². The second kappa shape index (κ2) is 5.75. The lowest BCUT2D eigenvalue weighted by molar-refractivity contribution is -0.121. The van der Waals surface area contributed by atoms with Gasteiger partial charge in [-0.1, -0.05) is 0 Å². The molecule has 0 aromatic rings. The molecular formula is C12H19NO5S. The fraction of sp³-hybridized carbons (Fsp3) is 0.583. The minimum Gasteiger partial charge on any atom is -0.501 e. The zero-order valence-corrected chi connectivity index (χ0v) is 12.3. The van der Waals surface area contributed by atoms with E-state index >= 15 is 0 Å². The number of carbonyl (C=O) groups is 1. The highest BCUT2D eigenvalue weighted by atomic mass is 32.2. The molecule has 19 heavy (non-hydrogen) atoms. The summed E-state index contributed by atoms with van der Waals surface area (Å²) < 4.78 is 32.9. The van der Waals surface area contributed by atoms with Gasteiger partial charge in [-0.2, -0.15) is 0 Å². The third kappa shape index (κ3) is 3.81. The summed E-state index contributed by atoms with van der Waals surface area (Å²) in [5, 5.41) is 2.88. The molecule has 0 aromatic carbocycles. The molecule has 0 radical (unpaired) electrons. The van der Waals surface area contributed by atoms with Gasteiger partial charge in [0.1, 0.15) is 22.8 Å². The Balaban J connectivity index is 3.14. The summed E-state index contributed by atoms with van der Waals surface area (Å²) in [5.41, 5.74) is -1.12. The van der Waals surface area contributed by atoms with Gasteiger partial charge in [-0.15, -0.1) is 0 Å². The number of hydrogen-bond donors (Lipinski definition) is 1. The van der Waals surface area contributed by atoms with Gasteiger partial charge in [0, 0.05) is 18.8 Å². The number of rotatable bonds is 6. The molecule has 1 aliphatic rings. The Morgan fingerprint density at radius 2 is 2.05 bits per heavy atom. The molecule has 1 rings (SSSR count). The molecule has 0 spiro atoms. The molecule has 1 unspecified atom stereocenters. The normalized spacial score (nSPS) is 23.4. The largest absolute Gasteiger partial charge is 0.501 e. The van der Waals surface area contributed by atoms with Crippen LogP contribution in [0.1, 0.15) is 6.42 Å². The van der Waals surface area contributed by atoms with E-state index in [-0.39, 0.29) is 6.42 Å². The van der Waals surface area contributed by atoms with Gasteiger partial charge in [0.25, 0.3) is 0 Å². The molecule has 1 N–H and O–H groups in total. The van der Waals surface area contributed by atoms with E-state index in [0.29, 0.717) is 11.5 Å². The first-order valence-corrected chi connectivity index (χ1v) is 7.74. The standard InChI is InChI=1S/C12H19NO5S/c1-13-12(11(14)8-19(4,15)16)6-9(17-2)5-10(7-12)18-3/h5-6,13H,7-8H2,1-4H3. The number of likely N-dealkylation sites (N-methyl/N-ethyl adjacent to an activating group) is 1. The lowest BCUT2D eigenvalue weighted by Gasteiger charge is -2.32. The van der Waals surface area contributed by atoms with Gasteiger partial charge in [0.05, 0.1) is 14.2 Å². The van der Waals surface area contributed by atoms with E-state index in [9.17, 15) is 13.2 Å². The number of carbonyl (C=O) groups excluding carboxylic acids is 1. The summed E-state index contributed by atoms with van der Waals surface area (Å²) in [6.45, 7) is 0. The first-order chi connectivity index (χ1) is 8.76. The highest BCUT2D eigenvalue weighted by Crippen LogP contribution is 2.28. The molecule has 7 heteroatoms. The summed E-state index contributed by atoms with van der Waals surface area (Å²) in [6.07, 6.45) is 4.54. The molecule has 1 atom stereocenters. The van der Waals surface area contributed by atoms with Crippen molar-refractivity contribution in [3.63, 3.8) is 0 Å². The van der Waals surface area contributed by atoms with Gasteiger partial charge in [-0.05, 0) is 13.1 Å². The monoisotopic (exact) mass is 289 g/mol. The van der Waals surface area contributed by atoms with Crippen molar-refractivity contribution in [3.8, 4) is 0 Å². The number of nitrogens with one attached hydrogen (secondary N) is 1. The predicted octanol–water partition coefficient (Wildman–Crippen LogP) is 0.0226. The van der Waals surface area contributed by atoms with Crippen molar-refractivity contribution in [3.05, 3.63) is 23.7 Å². The van der Waals surface area contributed by atoms with Crippen molar-refractivity contribution in [1.29, 1.82) is 0 Å². The van der Waals surface area contributed by atoms with Crippen LogP contribution < -0.4 is 5.32 Å². The molecule has 0 fully saturated rings. The first kappa shape index (κ1) is 15.7. The Bertz CT molecular complexity index is 520. The lowest BCUT2D eigenvalue weighted by atomic mass is 9.86. The van der Waals surface area contributed by atoms with Crippen LogP contribution in [0.3, 0.4) is 0 Å². The molecule has 0 amide bonds. The number of Topliss-reactive ketones (excluding diaryl/α,β-unsaturated/α-hetero) is 1. The summed E-state index contributed by atoms with van der Waals surface area (Å²) >= 11 is 0. The van der Waals surface area contributed by atoms with E-state index in [1.165, 1.54) is 14.2 Å². The van der Waals surface area contributed by atoms with E-state index < -0.39 is 26.9 Å². The molecule has 1 aliphatic carbocycles. The van der Waals surface area contributed by atoms with E-state index in [0.717, 1.165) is 6.26 Å². The minimum atomic E-state index is -3.39. The second-order valence-corrected chi connectivity index (χ2v) is 6.60. The van der Waals surface area contributed by atoms with Crippen LogP contribution in [0.25, 0.3) is 0 Å². The molecule has 0 heterocycles. The van der Waals surface area contributed by atoms with Crippen molar-refractivity contribution in [2.45, 2.75) is 12.0 Å². The average molecular weight is 289 g/mol. The fourth-order valence-electron chi connectivity index (χ4n) is 1.91. The van der Waals surface area contributed by atoms with Crippen LogP contribution in [0, 0.1) is 0 Å². The Kier molecular flexibility index (Phi) is 4.75. The molecule has 6 nitrogen and oxygen atoms in total. The predicted molar refractivity (Wildman–Crippen MR) is 71.3 cm³/mol. The van der Waals surface area contributed by atoms with Crippen molar-refractivity contribution < 1.29 is 22.7 Å². The Hall–Kier alpha value is -1.34. The summed E-state index contributed by atoms with van der Waals surface area (Å²) in [7, 11) is 1.18. The van der Waals surface area contributed by atoms with Crippen LogP contribution in [-0.4, -0.2) is 53.0 Å². The maximum Gasteiger partial charge on any atom is 0.172 e. The van der Waals surface area contributed by atoms with Crippen LogP contribution in [0.4, 0.5) is 0 Å². The van der Waals surface area contributed by atoms with Crippen LogP contribution in [-0.2, 0) is 24.1 Å². The van der Waals surface area contributed by atoms with Crippen molar-refractivity contribution in [1.82, 2.24) is 5.32 Å². The topological polar surface area (TPSA) is 81.7 Å². The Morgan fingerprint density at radius 3 is 2.47 bits per heavy atom. The van der Waals surface area contributed by atoms with E-state index in [1.54, 1.807) is 19.2 Å². The summed E-state index contributed by atoms with van der Waals surface area (Å²) in [5.74, 6) is 0.0442. The number of hydrogen-bond acceptors (Lipinski definition) is 6.